The molecule has 0 unspecified atom stereocenters. The van der Waals surface area contributed by atoms with Crippen LogP contribution in [-0.2, 0) is 25.8 Å². The lowest BCUT2D eigenvalue weighted by Gasteiger charge is -2.13. The van der Waals surface area contributed by atoms with Crippen molar-refractivity contribution < 1.29 is 40.7 Å². The number of nitrogens with one attached hydrogen (secondary N) is 2. The van der Waals surface area contributed by atoms with E-state index >= 15 is 0 Å². The zero-order valence-electron chi connectivity index (χ0n) is 21.8. The summed E-state index contributed by atoms with van der Waals surface area (Å²) >= 11 is 1.07. The van der Waals surface area contributed by atoms with Gasteiger partial charge in [-0.15, -0.1) is 0 Å². The van der Waals surface area contributed by atoms with Crippen LogP contribution in [0.5, 0.6) is 11.5 Å². The van der Waals surface area contributed by atoms with E-state index in [1.807, 2.05) is 0 Å². The normalized spacial score (nSPS) is 15.5. The predicted octanol–water partition coefficient (Wildman–Crippen LogP) is 4.66. The number of thioether (sulfide) groups is 1. The minimum atomic E-state index is -4.54. The Morgan fingerprint density at radius 1 is 1.07 bits per heavy atom. The summed E-state index contributed by atoms with van der Waals surface area (Å²) in [6.07, 6.45) is -2.95. The Labute approximate surface area is 242 Å². The molecule has 15 heteroatoms. The number of primary sulfonamides is 1. The summed E-state index contributed by atoms with van der Waals surface area (Å²) in [5.41, 5.74) is 0.0661. The number of nitrogens with two attached hydrogens (primary N) is 1. The van der Waals surface area contributed by atoms with E-state index in [0.29, 0.717) is 16.2 Å². The second kappa shape index (κ2) is 12.7. The third-order valence-electron chi connectivity index (χ3n) is 5.44. The van der Waals surface area contributed by atoms with Crippen LogP contribution in [0.15, 0.2) is 81.5 Å². The third-order valence-corrected chi connectivity index (χ3v) is 7.28. The quantitative estimate of drug-likeness (QED) is 0.295. The van der Waals surface area contributed by atoms with E-state index in [0.717, 1.165) is 23.9 Å². The highest BCUT2D eigenvalue weighted by Crippen LogP contribution is 2.33. The first-order chi connectivity index (χ1) is 19.8. The Hall–Kier alpha value is -4.34. The van der Waals surface area contributed by atoms with Crippen molar-refractivity contribution in [1.82, 2.24) is 5.32 Å². The van der Waals surface area contributed by atoms with E-state index in [1.54, 1.807) is 25.1 Å². The maximum absolute atomic E-state index is 12.9. The van der Waals surface area contributed by atoms with Gasteiger partial charge in [-0.1, -0.05) is 12.1 Å². The summed E-state index contributed by atoms with van der Waals surface area (Å²) in [6, 6.07) is 14.5. The van der Waals surface area contributed by atoms with Gasteiger partial charge in [0.05, 0.1) is 27.7 Å². The predicted molar refractivity (Wildman–Crippen MR) is 152 cm³/mol. The molecule has 0 aromatic heterocycles. The minimum absolute atomic E-state index is 0.0267. The average molecular weight is 621 g/mol. The number of carbonyl (C=O) groups is 2. The second-order valence-corrected chi connectivity index (χ2v) is 11.2. The number of anilines is 1. The Morgan fingerprint density at radius 3 is 2.48 bits per heavy atom. The fraction of sp³-hybridized carbons (Fsp3) is 0.148. The molecule has 0 atom stereocenters. The van der Waals surface area contributed by atoms with E-state index in [4.69, 9.17) is 14.6 Å². The first-order valence-corrected chi connectivity index (χ1v) is 14.5. The number of hydrogen-bond acceptors (Lipinski definition) is 8. The molecule has 1 aliphatic heterocycles. The van der Waals surface area contributed by atoms with Crippen molar-refractivity contribution in [3.05, 3.63) is 82.8 Å². The van der Waals surface area contributed by atoms with Gasteiger partial charge in [-0.3, -0.25) is 9.59 Å². The molecule has 3 aromatic rings. The van der Waals surface area contributed by atoms with Gasteiger partial charge in [-0.25, -0.2) is 18.5 Å². The molecule has 1 fully saturated rings. The van der Waals surface area contributed by atoms with Crippen LogP contribution in [0.1, 0.15) is 18.1 Å². The van der Waals surface area contributed by atoms with E-state index in [2.05, 4.69) is 15.6 Å². The largest absolute Gasteiger partial charge is 0.490 e. The van der Waals surface area contributed by atoms with Gasteiger partial charge < -0.3 is 20.1 Å². The smallest absolute Gasteiger partial charge is 0.416 e. The molecule has 1 heterocycles. The number of rotatable bonds is 9. The molecule has 4 N–H and O–H groups in total. The van der Waals surface area contributed by atoms with Crippen molar-refractivity contribution in [3.8, 4) is 11.5 Å². The van der Waals surface area contributed by atoms with E-state index in [9.17, 15) is 31.2 Å². The summed E-state index contributed by atoms with van der Waals surface area (Å²) in [4.78, 5) is 29.4. The van der Waals surface area contributed by atoms with Crippen molar-refractivity contribution in [2.45, 2.75) is 18.0 Å². The molecule has 0 spiro atoms. The van der Waals surface area contributed by atoms with Gasteiger partial charge in [-0.2, -0.15) is 13.2 Å². The van der Waals surface area contributed by atoms with Crippen molar-refractivity contribution >= 4 is 56.2 Å². The highest BCUT2D eigenvalue weighted by atomic mass is 32.2. The van der Waals surface area contributed by atoms with Crippen LogP contribution in [0, 0.1) is 0 Å². The summed E-state index contributed by atoms with van der Waals surface area (Å²) in [5.74, 6) is -0.574. The number of carbonyl (C=O) groups excluding carboxylic acids is 2. The summed E-state index contributed by atoms with van der Waals surface area (Å²) in [5, 5.41) is 10.4. The molecule has 0 bridgehead atoms. The Bertz CT molecular complexity index is 1670. The number of amidine groups is 1. The number of benzene rings is 3. The average Bonchev–Trinajstić information content (AvgIpc) is 3.25. The third kappa shape index (κ3) is 8.11. The number of hydrogen-bond donors (Lipinski definition) is 3. The van der Waals surface area contributed by atoms with Crippen LogP contribution >= 0.6 is 11.8 Å². The molecule has 3 aromatic carbocycles. The molecule has 10 nitrogen and oxygen atoms in total. The Morgan fingerprint density at radius 2 is 1.81 bits per heavy atom. The van der Waals surface area contributed by atoms with Crippen molar-refractivity contribution in [3.63, 3.8) is 0 Å². The van der Waals surface area contributed by atoms with Gasteiger partial charge in [0.1, 0.15) is 0 Å². The topological polar surface area (TPSA) is 149 Å². The number of aliphatic imine (C=N–C) groups is 1. The van der Waals surface area contributed by atoms with Crippen LogP contribution < -0.4 is 25.2 Å². The molecular formula is C27H23F3N4O6S2. The highest BCUT2D eigenvalue weighted by molar-refractivity contribution is 8.18. The molecule has 42 heavy (non-hydrogen) atoms. The molecule has 1 saturated heterocycles. The zero-order chi connectivity index (χ0) is 30.5. The minimum Gasteiger partial charge on any atom is -0.490 e. The Kier molecular flexibility index (Phi) is 9.23. The lowest BCUT2D eigenvalue weighted by atomic mass is 10.2. The lowest BCUT2D eigenvalue weighted by Crippen LogP contribution is -2.20. The van der Waals surface area contributed by atoms with Crippen LogP contribution in [0.4, 0.5) is 24.5 Å². The van der Waals surface area contributed by atoms with Crippen molar-refractivity contribution in [2.75, 3.05) is 18.5 Å². The summed E-state index contributed by atoms with van der Waals surface area (Å²) < 4.78 is 72.8. The lowest BCUT2D eigenvalue weighted by molar-refractivity contribution is -0.137. The molecular weight excluding hydrogens is 597 g/mol. The molecule has 1 aliphatic rings. The molecule has 2 amide bonds. The SMILES string of the molecule is CCOc1cc(/C=C2\SC(=Nc3ccc(S(N)(=O)=O)cc3)NC2=O)ccc1OCC(=O)Nc1cccc(C(F)(F)F)c1. The molecule has 220 valence electrons. The van der Waals surface area contributed by atoms with Crippen LogP contribution in [0.25, 0.3) is 6.08 Å². The monoisotopic (exact) mass is 620 g/mol. The van der Waals surface area contributed by atoms with E-state index in [1.165, 1.54) is 42.5 Å². The molecule has 0 aliphatic carbocycles. The summed E-state index contributed by atoms with van der Waals surface area (Å²) in [6.45, 7) is 1.52. The van der Waals surface area contributed by atoms with Crippen LogP contribution in [0.2, 0.25) is 0 Å². The van der Waals surface area contributed by atoms with Gasteiger partial charge in [0, 0.05) is 5.69 Å². The maximum Gasteiger partial charge on any atom is 0.416 e. The number of alkyl halides is 3. The van der Waals surface area contributed by atoms with Crippen molar-refractivity contribution in [2.24, 2.45) is 10.1 Å². The first-order valence-electron chi connectivity index (χ1n) is 12.1. The number of sulfonamides is 1. The zero-order valence-corrected chi connectivity index (χ0v) is 23.4. The Balaban J connectivity index is 1.43. The molecule has 0 radical (unpaired) electrons. The van der Waals surface area contributed by atoms with Crippen LogP contribution in [-0.4, -0.2) is 38.6 Å². The molecule has 0 saturated carbocycles. The second-order valence-electron chi connectivity index (χ2n) is 8.58. The number of amides is 2. The van der Waals surface area contributed by atoms with Gasteiger partial charge in [0.15, 0.2) is 23.3 Å². The van der Waals surface area contributed by atoms with Gasteiger partial charge in [-0.05, 0) is 84.9 Å². The number of halogens is 3. The van der Waals surface area contributed by atoms with Gasteiger partial charge >= 0.3 is 6.18 Å². The first kappa shape index (κ1) is 30.6. The fourth-order valence-electron chi connectivity index (χ4n) is 3.58. The standard InChI is InChI=1S/C27H23F3N4O6S2/c1-2-39-22-12-16(6-11-21(22)40-15-24(35)32-19-5-3-4-17(14-19)27(28,29)30)13-23-25(36)34-26(41-23)33-18-7-9-20(10-8-18)42(31,37)38/h3-14H,2,15H2,1H3,(H,32,35)(H2,31,37,38)(H,33,34,36)/b23-13-. The van der Waals surface area contributed by atoms with E-state index < -0.39 is 40.2 Å². The maximum atomic E-state index is 12.9. The van der Waals surface area contributed by atoms with Crippen LogP contribution in [0.3, 0.4) is 0 Å². The van der Waals surface area contributed by atoms with Gasteiger partial charge in [0.2, 0.25) is 10.0 Å². The van der Waals surface area contributed by atoms with E-state index in [-0.39, 0.29) is 33.9 Å². The van der Waals surface area contributed by atoms with Crippen molar-refractivity contribution in [1.29, 1.82) is 0 Å². The summed E-state index contributed by atoms with van der Waals surface area (Å²) in [7, 11) is -3.84. The molecule has 4 rings (SSSR count). The highest BCUT2D eigenvalue weighted by Gasteiger charge is 2.30. The van der Waals surface area contributed by atoms with Gasteiger partial charge in [0.25, 0.3) is 11.8 Å². The number of nitrogens with zero attached hydrogens (tertiary/aromatic N) is 1. The number of ether oxygens (including phenoxy) is 2. The fourth-order valence-corrected chi connectivity index (χ4v) is 4.93.